The van der Waals surface area contributed by atoms with Crippen LogP contribution in [0.15, 0.2) is 55.0 Å². The monoisotopic (exact) mass is 335 g/mol. The zero-order valence-corrected chi connectivity index (χ0v) is 14.3. The van der Waals surface area contributed by atoms with Crippen LogP contribution in [0, 0.1) is 5.92 Å². The summed E-state index contributed by atoms with van der Waals surface area (Å²) in [6.45, 7) is 4.40. The number of carbonyl (C=O) groups is 1. The quantitative estimate of drug-likeness (QED) is 0.724. The number of para-hydroxylation sites is 1. The van der Waals surface area contributed by atoms with Crippen molar-refractivity contribution in [3.8, 4) is 0 Å². The van der Waals surface area contributed by atoms with Crippen LogP contribution < -0.4 is 10.6 Å². The summed E-state index contributed by atoms with van der Waals surface area (Å²) in [6.07, 6.45) is 3.22. The molecular weight excluding hydrogens is 314 g/mol. The SMILES string of the molecule is CC(C)C(Nc1ncnc2ccccc12)C(=O)NCc1ccccn1. The van der Waals surface area contributed by atoms with E-state index in [1.165, 1.54) is 6.33 Å². The van der Waals surface area contributed by atoms with Gasteiger partial charge in [0.2, 0.25) is 5.91 Å². The molecule has 6 nitrogen and oxygen atoms in total. The lowest BCUT2D eigenvalue weighted by atomic mass is 10.0. The number of rotatable bonds is 6. The summed E-state index contributed by atoms with van der Waals surface area (Å²) in [4.78, 5) is 25.4. The van der Waals surface area contributed by atoms with E-state index in [0.717, 1.165) is 16.6 Å². The fourth-order valence-electron chi connectivity index (χ4n) is 2.59. The summed E-state index contributed by atoms with van der Waals surface area (Å²) < 4.78 is 0. The predicted molar refractivity (Wildman–Crippen MR) is 97.9 cm³/mol. The van der Waals surface area contributed by atoms with Crippen LogP contribution in [-0.2, 0) is 11.3 Å². The fourth-order valence-corrected chi connectivity index (χ4v) is 2.59. The number of aromatic nitrogens is 3. The molecular formula is C19H21N5O. The zero-order chi connectivity index (χ0) is 17.6. The molecule has 1 unspecified atom stereocenters. The molecule has 0 bridgehead atoms. The number of anilines is 1. The van der Waals surface area contributed by atoms with Crippen molar-refractivity contribution in [2.24, 2.45) is 5.92 Å². The predicted octanol–water partition coefficient (Wildman–Crippen LogP) is 2.78. The number of benzene rings is 1. The minimum atomic E-state index is -0.401. The molecule has 2 aromatic heterocycles. The lowest BCUT2D eigenvalue weighted by molar-refractivity contribution is -0.122. The maximum Gasteiger partial charge on any atom is 0.243 e. The highest BCUT2D eigenvalue weighted by atomic mass is 16.2. The molecule has 2 heterocycles. The topological polar surface area (TPSA) is 79.8 Å². The number of hydrogen-bond donors (Lipinski definition) is 2. The molecule has 0 spiro atoms. The molecule has 0 saturated carbocycles. The number of pyridine rings is 1. The van der Waals surface area contributed by atoms with E-state index < -0.39 is 6.04 Å². The van der Waals surface area contributed by atoms with Gasteiger partial charge >= 0.3 is 0 Å². The molecule has 3 rings (SSSR count). The van der Waals surface area contributed by atoms with Gasteiger partial charge in [-0.05, 0) is 30.2 Å². The molecule has 0 aliphatic heterocycles. The van der Waals surface area contributed by atoms with Crippen LogP contribution in [0.1, 0.15) is 19.5 Å². The van der Waals surface area contributed by atoms with E-state index in [1.807, 2.05) is 56.3 Å². The second-order valence-electron chi connectivity index (χ2n) is 6.14. The normalized spacial score (nSPS) is 12.1. The molecule has 6 heteroatoms. The molecule has 1 amide bonds. The number of nitrogens with zero attached hydrogens (tertiary/aromatic N) is 3. The zero-order valence-electron chi connectivity index (χ0n) is 14.3. The minimum Gasteiger partial charge on any atom is -0.358 e. The maximum absolute atomic E-state index is 12.7. The van der Waals surface area contributed by atoms with Crippen LogP contribution in [0.5, 0.6) is 0 Å². The van der Waals surface area contributed by atoms with Gasteiger partial charge in [0, 0.05) is 11.6 Å². The van der Waals surface area contributed by atoms with Crippen molar-refractivity contribution in [1.82, 2.24) is 20.3 Å². The van der Waals surface area contributed by atoms with Crippen LogP contribution >= 0.6 is 0 Å². The van der Waals surface area contributed by atoms with Gasteiger partial charge in [0.1, 0.15) is 18.2 Å². The van der Waals surface area contributed by atoms with Crippen LogP contribution in [0.2, 0.25) is 0 Å². The highest BCUT2D eigenvalue weighted by Gasteiger charge is 2.23. The second kappa shape index (κ2) is 7.70. The van der Waals surface area contributed by atoms with E-state index >= 15 is 0 Å². The van der Waals surface area contributed by atoms with Crippen molar-refractivity contribution >= 4 is 22.6 Å². The number of carbonyl (C=O) groups excluding carboxylic acids is 1. The van der Waals surface area contributed by atoms with Gasteiger partial charge in [-0.2, -0.15) is 0 Å². The molecule has 0 aliphatic carbocycles. The number of nitrogens with one attached hydrogen (secondary N) is 2. The summed E-state index contributed by atoms with van der Waals surface area (Å²) >= 11 is 0. The number of fused-ring (bicyclic) bond motifs is 1. The lowest BCUT2D eigenvalue weighted by Crippen LogP contribution is -2.43. The van der Waals surface area contributed by atoms with E-state index in [-0.39, 0.29) is 11.8 Å². The van der Waals surface area contributed by atoms with E-state index in [4.69, 9.17) is 0 Å². The van der Waals surface area contributed by atoms with Gasteiger partial charge in [0.15, 0.2) is 0 Å². The first-order valence-corrected chi connectivity index (χ1v) is 8.29. The van der Waals surface area contributed by atoms with Crippen LogP contribution in [-0.4, -0.2) is 26.9 Å². The first-order chi connectivity index (χ1) is 12.1. The number of hydrogen-bond acceptors (Lipinski definition) is 5. The minimum absolute atomic E-state index is 0.0802. The molecule has 3 aromatic rings. The van der Waals surface area contributed by atoms with Gasteiger partial charge in [-0.25, -0.2) is 9.97 Å². The summed E-state index contributed by atoms with van der Waals surface area (Å²) in [5.74, 6) is 0.679. The van der Waals surface area contributed by atoms with Crippen molar-refractivity contribution in [3.63, 3.8) is 0 Å². The Bertz CT molecular complexity index is 845. The number of amides is 1. The largest absolute Gasteiger partial charge is 0.358 e. The third-order valence-corrected chi connectivity index (χ3v) is 3.95. The highest BCUT2D eigenvalue weighted by Crippen LogP contribution is 2.20. The first-order valence-electron chi connectivity index (χ1n) is 8.29. The smallest absolute Gasteiger partial charge is 0.243 e. The Balaban J connectivity index is 1.75. The highest BCUT2D eigenvalue weighted by molar-refractivity contribution is 5.92. The van der Waals surface area contributed by atoms with Crippen LogP contribution in [0.25, 0.3) is 10.9 Å². The van der Waals surface area contributed by atoms with Gasteiger partial charge in [-0.3, -0.25) is 9.78 Å². The average Bonchev–Trinajstić information content (AvgIpc) is 2.65. The molecule has 1 aromatic carbocycles. The third kappa shape index (κ3) is 4.09. The van der Waals surface area contributed by atoms with Gasteiger partial charge in [0.25, 0.3) is 0 Å². The summed E-state index contributed by atoms with van der Waals surface area (Å²) in [7, 11) is 0. The van der Waals surface area contributed by atoms with Gasteiger partial charge < -0.3 is 10.6 Å². The average molecular weight is 335 g/mol. The van der Waals surface area contributed by atoms with Crippen molar-refractivity contribution in [2.45, 2.75) is 26.4 Å². The van der Waals surface area contributed by atoms with E-state index in [9.17, 15) is 4.79 Å². The van der Waals surface area contributed by atoms with Crippen molar-refractivity contribution in [1.29, 1.82) is 0 Å². The van der Waals surface area contributed by atoms with Gasteiger partial charge in [-0.15, -0.1) is 0 Å². The van der Waals surface area contributed by atoms with Crippen molar-refractivity contribution in [3.05, 3.63) is 60.7 Å². The lowest BCUT2D eigenvalue weighted by Gasteiger charge is -2.22. The molecule has 2 N–H and O–H groups in total. The Morgan fingerprint density at radius 3 is 2.60 bits per heavy atom. The van der Waals surface area contributed by atoms with Crippen molar-refractivity contribution in [2.75, 3.05) is 5.32 Å². The van der Waals surface area contributed by atoms with Crippen LogP contribution in [0.3, 0.4) is 0 Å². The standard InChI is InChI=1S/C19H21N5O/c1-13(2)17(19(25)21-11-14-7-5-6-10-20-14)24-18-15-8-3-4-9-16(15)22-12-23-18/h3-10,12-13,17H,11H2,1-2H3,(H,21,25)(H,22,23,24). The van der Waals surface area contributed by atoms with Crippen LogP contribution in [0.4, 0.5) is 5.82 Å². The summed E-state index contributed by atoms with van der Waals surface area (Å²) in [5.41, 5.74) is 1.67. The van der Waals surface area contributed by atoms with E-state index in [2.05, 4.69) is 25.6 Å². The Morgan fingerprint density at radius 2 is 1.84 bits per heavy atom. The Morgan fingerprint density at radius 1 is 1.04 bits per heavy atom. The van der Waals surface area contributed by atoms with Gasteiger partial charge in [0.05, 0.1) is 17.8 Å². The van der Waals surface area contributed by atoms with E-state index in [1.54, 1.807) is 6.20 Å². The molecule has 1 atom stereocenters. The second-order valence-corrected chi connectivity index (χ2v) is 6.14. The van der Waals surface area contributed by atoms with Gasteiger partial charge in [-0.1, -0.05) is 32.0 Å². The fraction of sp³-hybridized carbons (Fsp3) is 0.263. The molecule has 0 saturated heterocycles. The molecule has 25 heavy (non-hydrogen) atoms. The molecule has 0 fully saturated rings. The third-order valence-electron chi connectivity index (χ3n) is 3.95. The van der Waals surface area contributed by atoms with Crippen molar-refractivity contribution < 1.29 is 4.79 Å². The van der Waals surface area contributed by atoms with E-state index in [0.29, 0.717) is 12.4 Å². The summed E-state index contributed by atoms with van der Waals surface area (Å²) in [5, 5.41) is 7.11. The Hall–Kier alpha value is -3.02. The Kier molecular flexibility index (Phi) is 5.18. The molecule has 0 aliphatic rings. The summed E-state index contributed by atoms with van der Waals surface area (Å²) in [6, 6.07) is 13.0. The molecule has 128 valence electrons. The Labute approximate surface area is 146 Å². The maximum atomic E-state index is 12.7. The molecule has 0 radical (unpaired) electrons. The first kappa shape index (κ1) is 16.8.